The van der Waals surface area contributed by atoms with Crippen LogP contribution in [0.15, 0.2) is 6.20 Å². The molecule has 0 atom stereocenters. The van der Waals surface area contributed by atoms with Crippen LogP contribution in [0, 0.1) is 0 Å². The predicted octanol–water partition coefficient (Wildman–Crippen LogP) is -0.940. The third-order valence-corrected chi connectivity index (χ3v) is 2.26. The van der Waals surface area contributed by atoms with E-state index in [9.17, 15) is 9.59 Å². The molecule has 1 rings (SSSR count). The lowest BCUT2D eigenvalue weighted by atomic mass is 10.3. The number of aromatic nitrogens is 3. The van der Waals surface area contributed by atoms with Gasteiger partial charge in [-0.05, 0) is 6.42 Å². The zero-order valence-electron chi connectivity index (χ0n) is 10.2. The van der Waals surface area contributed by atoms with E-state index >= 15 is 0 Å². The van der Waals surface area contributed by atoms with Crippen molar-refractivity contribution in [2.24, 2.45) is 5.73 Å². The quantitative estimate of drug-likeness (QED) is 0.650. The molecule has 1 heterocycles. The Labute approximate surface area is 104 Å². The van der Waals surface area contributed by atoms with E-state index in [0.717, 1.165) is 0 Å². The first-order chi connectivity index (χ1) is 8.56. The monoisotopic (exact) mass is 255 g/mol. The van der Waals surface area contributed by atoms with Crippen LogP contribution >= 0.6 is 0 Å². The maximum Gasteiger partial charge on any atom is 0.323 e. The summed E-state index contributed by atoms with van der Waals surface area (Å²) in [5.74, 6) is -1.33. The lowest BCUT2D eigenvalue weighted by molar-refractivity contribution is -0.144. The van der Waals surface area contributed by atoms with Crippen molar-refractivity contribution >= 4 is 11.9 Å². The molecule has 1 aromatic rings. The van der Waals surface area contributed by atoms with Gasteiger partial charge in [0.05, 0.1) is 11.9 Å². The van der Waals surface area contributed by atoms with Gasteiger partial charge in [0, 0.05) is 13.1 Å². The zero-order chi connectivity index (χ0) is 13.5. The minimum Gasteiger partial charge on any atom is -0.480 e. The largest absolute Gasteiger partial charge is 0.480 e. The van der Waals surface area contributed by atoms with E-state index in [0.29, 0.717) is 18.7 Å². The van der Waals surface area contributed by atoms with E-state index in [1.807, 2.05) is 6.92 Å². The van der Waals surface area contributed by atoms with Crippen LogP contribution < -0.4 is 5.73 Å². The molecule has 0 saturated carbocycles. The molecular formula is C10H17N5O3. The highest BCUT2D eigenvalue weighted by molar-refractivity contribution is 5.81. The van der Waals surface area contributed by atoms with Crippen molar-refractivity contribution in [1.29, 1.82) is 0 Å². The summed E-state index contributed by atoms with van der Waals surface area (Å²) in [4.78, 5) is 23.8. The predicted molar refractivity (Wildman–Crippen MR) is 62.4 cm³/mol. The lowest BCUT2D eigenvalue weighted by Crippen LogP contribution is -2.38. The van der Waals surface area contributed by atoms with E-state index in [1.165, 1.54) is 9.58 Å². The third-order valence-electron chi connectivity index (χ3n) is 2.26. The van der Waals surface area contributed by atoms with Crippen molar-refractivity contribution in [3.63, 3.8) is 0 Å². The lowest BCUT2D eigenvalue weighted by Gasteiger charge is -2.19. The molecule has 100 valence electrons. The Morgan fingerprint density at radius 2 is 2.28 bits per heavy atom. The number of carbonyl (C=O) groups is 2. The number of aliphatic carboxylic acids is 1. The molecule has 0 spiro atoms. The molecule has 1 aromatic heterocycles. The molecule has 8 heteroatoms. The summed E-state index contributed by atoms with van der Waals surface area (Å²) >= 11 is 0. The second-order valence-electron chi connectivity index (χ2n) is 3.82. The van der Waals surface area contributed by atoms with Gasteiger partial charge in [0.25, 0.3) is 0 Å². The first-order valence-corrected chi connectivity index (χ1v) is 5.65. The average Bonchev–Trinajstić information content (AvgIpc) is 2.75. The maximum atomic E-state index is 11.9. The van der Waals surface area contributed by atoms with Crippen LogP contribution in [0.4, 0.5) is 0 Å². The van der Waals surface area contributed by atoms with Crippen LogP contribution in [0.1, 0.15) is 19.0 Å². The normalized spacial score (nSPS) is 10.3. The number of rotatable bonds is 7. The van der Waals surface area contributed by atoms with E-state index in [2.05, 4.69) is 10.3 Å². The van der Waals surface area contributed by atoms with Crippen LogP contribution in [0.25, 0.3) is 0 Å². The van der Waals surface area contributed by atoms with E-state index in [4.69, 9.17) is 10.8 Å². The van der Waals surface area contributed by atoms with E-state index in [1.54, 1.807) is 6.20 Å². The summed E-state index contributed by atoms with van der Waals surface area (Å²) in [5, 5.41) is 16.2. The van der Waals surface area contributed by atoms with Gasteiger partial charge in [0.2, 0.25) is 5.91 Å². The molecule has 0 bridgehead atoms. The standard InChI is InChI=1S/C10H17N5O3/c1-2-3-14(7-10(17)18)9(16)6-15-5-8(4-11)12-13-15/h5H,2-4,6-7,11H2,1H3,(H,17,18). The minimum absolute atomic E-state index is 0.0275. The van der Waals surface area contributed by atoms with E-state index in [-0.39, 0.29) is 25.5 Å². The fourth-order valence-electron chi connectivity index (χ4n) is 1.47. The molecule has 1 amide bonds. The molecule has 18 heavy (non-hydrogen) atoms. The molecule has 3 N–H and O–H groups in total. The van der Waals surface area contributed by atoms with Gasteiger partial charge in [0.15, 0.2) is 0 Å². The van der Waals surface area contributed by atoms with Crippen molar-refractivity contribution in [1.82, 2.24) is 19.9 Å². The van der Waals surface area contributed by atoms with Gasteiger partial charge in [-0.15, -0.1) is 5.10 Å². The fraction of sp³-hybridized carbons (Fsp3) is 0.600. The Kier molecular flexibility index (Phi) is 5.25. The Balaban J connectivity index is 2.62. The Hall–Kier alpha value is -1.96. The van der Waals surface area contributed by atoms with Crippen molar-refractivity contribution in [2.75, 3.05) is 13.1 Å². The Bertz CT molecular complexity index is 417. The van der Waals surface area contributed by atoms with Gasteiger partial charge in [-0.1, -0.05) is 12.1 Å². The van der Waals surface area contributed by atoms with Crippen molar-refractivity contribution < 1.29 is 14.7 Å². The summed E-state index contributed by atoms with van der Waals surface area (Å²) in [6.45, 7) is 2.21. The summed E-state index contributed by atoms with van der Waals surface area (Å²) in [6.07, 6.45) is 2.27. The van der Waals surface area contributed by atoms with Gasteiger partial charge < -0.3 is 15.7 Å². The smallest absolute Gasteiger partial charge is 0.323 e. The molecule has 0 unspecified atom stereocenters. The van der Waals surface area contributed by atoms with Crippen molar-refractivity contribution in [3.8, 4) is 0 Å². The molecule has 0 aliphatic heterocycles. The van der Waals surface area contributed by atoms with Gasteiger partial charge in [-0.3, -0.25) is 9.59 Å². The highest BCUT2D eigenvalue weighted by Crippen LogP contribution is 1.97. The van der Waals surface area contributed by atoms with Crippen molar-refractivity contribution in [3.05, 3.63) is 11.9 Å². The number of carboxylic acids is 1. The number of carbonyl (C=O) groups excluding carboxylic acids is 1. The van der Waals surface area contributed by atoms with Crippen LogP contribution in [-0.4, -0.2) is 50.0 Å². The molecule has 0 fully saturated rings. The van der Waals surface area contributed by atoms with Crippen LogP contribution in [0.3, 0.4) is 0 Å². The van der Waals surface area contributed by atoms with Gasteiger partial charge in [-0.2, -0.15) is 0 Å². The van der Waals surface area contributed by atoms with Gasteiger partial charge in [0.1, 0.15) is 13.1 Å². The first-order valence-electron chi connectivity index (χ1n) is 5.65. The van der Waals surface area contributed by atoms with Gasteiger partial charge >= 0.3 is 5.97 Å². The molecular weight excluding hydrogens is 238 g/mol. The van der Waals surface area contributed by atoms with E-state index < -0.39 is 5.97 Å². The number of hydrogen-bond acceptors (Lipinski definition) is 5. The highest BCUT2D eigenvalue weighted by atomic mass is 16.4. The molecule has 0 aromatic carbocycles. The number of carboxylic acid groups (broad SMARTS) is 1. The maximum absolute atomic E-state index is 11.9. The second-order valence-corrected chi connectivity index (χ2v) is 3.82. The minimum atomic E-state index is -1.03. The summed E-state index contributed by atoms with van der Waals surface area (Å²) in [6, 6.07) is 0. The Morgan fingerprint density at radius 1 is 1.56 bits per heavy atom. The van der Waals surface area contributed by atoms with Crippen LogP contribution in [0.2, 0.25) is 0 Å². The Morgan fingerprint density at radius 3 is 2.78 bits per heavy atom. The van der Waals surface area contributed by atoms with Gasteiger partial charge in [-0.25, -0.2) is 4.68 Å². The molecule has 0 radical (unpaired) electrons. The number of hydrogen-bond donors (Lipinski definition) is 2. The second kappa shape index (κ2) is 6.70. The molecule has 0 aliphatic carbocycles. The highest BCUT2D eigenvalue weighted by Gasteiger charge is 2.16. The average molecular weight is 255 g/mol. The molecule has 0 saturated heterocycles. The third kappa shape index (κ3) is 4.13. The zero-order valence-corrected chi connectivity index (χ0v) is 10.2. The van der Waals surface area contributed by atoms with Crippen molar-refractivity contribution in [2.45, 2.75) is 26.4 Å². The molecule has 0 aliphatic rings. The fourth-order valence-corrected chi connectivity index (χ4v) is 1.47. The summed E-state index contributed by atoms with van der Waals surface area (Å²) in [5.41, 5.74) is 5.96. The van der Waals surface area contributed by atoms with Crippen LogP contribution in [-0.2, 0) is 22.7 Å². The topological polar surface area (TPSA) is 114 Å². The summed E-state index contributed by atoms with van der Waals surface area (Å²) < 4.78 is 1.36. The number of amides is 1. The number of nitrogens with zero attached hydrogens (tertiary/aromatic N) is 4. The molecule has 8 nitrogen and oxygen atoms in total. The SMILES string of the molecule is CCCN(CC(=O)O)C(=O)Cn1cc(CN)nn1. The first kappa shape index (κ1) is 14.1. The number of nitrogens with two attached hydrogens (primary N) is 1. The van der Waals surface area contributed by atoms with Crippen LogP contribution in [0.5, 0.6) is 0 Å². The summed E-state index contributed by atoms with van der Waals surface area (Å²) in [7, 11) is 0.